The van der Waals surface area contributed by atoms with Gasteiger partial charge in [0.2, 0.25) is 5.91 Å². The van der Waals surface area contributed by atoms with Crippen molar-refractivity contribution in [3.8, 4) is 11.1 Å². The quantitative estimate of drug-likeness (QED) is 0.396. The zero-order chi connectivity index (χ0) is 25.2. The first-order valence-electron chi connectivity index (χ1n) is 12.1. The Morgan fingerprint density at radius 1 is 1.00 bits per heavy atom. The molecule has 1 unspecified atom stereocenters. The molecule has 3 rings (SSSR count). The second kappa shape index (κ2) is 12.9. The fourth-order valence-electron chi connectivity index (χ4n) is 4.47. The van der Waals surface area contributed by atoms with Gasteiger partial charge >= 0.3 is 12.1 Å². The number of carboxylic acid groups (broad SMARTS) is 1. The van der Waals surface area contributed by atoms with Gasteiger partial charge in [-0.15, -0.1) is 0 Å². The van der Waals surface area contributed by atoms with Crippen LogP contribution in [-0.4, -0.2) is 55.5 Å². The van der Waals surface area contributed by atoms with Crippen LogP contribution in [0.1, 0.15) is 56.1 Å². The van der Waals surface area contributed by atoms with Crippen molar-refractivity contribution >= 4 is 18.0 Å². The van der Waals surface area contributed by atoms with Gasteiger partial charge in [-0.1, -0.05) is 68.3 Å². The first-order chi connectivity index (χ1) is 16.9. The van der Waals surface area contributed by atoms with E-state index in [1.54, 1.807) is 0 Å². The topological polar surface area (TPSA) is 114 Å². The monoisotopic (exact) mass is 482 g/mol. The van der Waals surface area contributed by atoms with Crippen molar-refractivity contribution in [3.63, 3.8) is 0 Å². The number of carbonyl (C=O) groups excluding carboxylic acids is 2. The van der Waals surface area contributed by atoms with E-state index in [-0.39, 0.29) is 37.8 Å². The van der Waals surface area contributed by atoms with E-state index in [0.29, 0.717) is 6.42 Å². The maximum Gasteiger partial charge on any atom is 0.407 e. The van der Waals surface area contributed by atoms with Crippen LogP contribution in [0.5, 0.6) is 0 Å². The lowest BCUT2D eigenvalue weighted by atomic mass is 9.98. The average molecular weight is 483 g/mol. The van der Waals surface area contributed by atoms with Crippen LogP contribution in [0, 0.1) is 0 Å². The van der Waals surface area contributed by atoms with E-state index in [4.69, 9.17) is 14.6 Å². The number of hydrogen-bond donors (Lipinski definition) is 3. The molecule has 0 fully saturated rings. The predicted molar refractivity (Wildman–Crippen MR) is 132 cm³/mol. The molecule has 8 nitrogen and oxygen atoms in total. The molecular formula is C27H34N2O6. The first kappa shape index (κ1) is 26.2. The summed E-state index contributed by atoms with van der Waals surface area (Å²) in [7, 11) is 1.46. The lowest BCUT2D eigenvalue weighted by Crippen LogP contribution is -2.41. The molecule has 0 aromatic heterocycles. The highest BCUT2D eigenvalue weighted by atomic mass is 16.5. The molecule has 2 atom stereocenters. The third-order valence-corrected chi connectivity index (χ3v) is 6.26. The molecule has 2 aromatic carbocycles. The summed E-state index contributed by atoms with van der Waals surface area (Å²) in [6.07, 6.45) is 1.08. The van der Waals surface area contributed by atoms with E-state index in [9.17, 15) is 14.4 Å². The summed E-state index contributed by atoms with van der Waals surface area (Å²) >= 11 is 0. The van der Waals surface area contributed by atoms with Gasteiger partial charge < -0.3 is 25.2 Å². The van der Waals surface area contributed by atoms with Gasteiger partial charge in [0, 0.05) is 25.6 Å². The zero-order valence-electron chi connectivity index (χ0n) is 20.3. The summed E-state index contributed by atoms with van der Waals surface area (Å²) in [5.74, 6) is -1.30. The number of hydrogen-bond acceptors (Lipinski definition) is 5. The smallest absolute Gasteiger partial charge is 0.407 e. The molecule has 188 valence electrons. The van der Waals surface area contributed by atoms with Gasteiger partial charge in [0.15, 0.2) is 0 Å². The van der Waals surface area contributed by atoms with Crippen LogP contribution in [0.25, 0.3) is 11.1 Å². The highest BCUT2D eigenvalue weighted by Crippen LogP contribution is 2.44. The predicted octanol–water partition coefficient (Wildman–Crippen LogP) is 4.08. The van der Waals surface area contributed by atoms with Crippen LogP contribution in [-0.2, 0) is 19.1 Å². The van der Waals surface area contributed by atoms with Crippen molar-refractivity contribution in [2.45, 2.75) is 57.1 Å². The molecule has 0 saturated heterocycles. The summed E-state index contributed by atoms with van der Waals surface area (Å²) in [6, 6.07) is 15.8. The Morgan fingerprint density at radius 2 is 1.63 bits per heavy atom. The number of carbonyl (C=O) groups is 3. The number of methoxy groups -OCH3 is 1. The van der Waals surface area contributed by atoms with E-state index in [2.05, 4.69) is 34.9 Å². The van der Waals surface area contributed by atoms with Gasteiger partial charge in [-0.2, -0.15) is 0 Å². The highest BCUT2D eigenvalue weighted by molar-refractivity contribution is 5.79. The second-order valence-corrected chi connectivity index (χ2v) is 8.77. The van der Waals surface area contributed by atoms with Crippen LogP contribution in [0.3, 0.4) is 0 Å². The molecule has 1 aliphatic carbocycles. The van der Waals surface area contributed by atoms with Crippen molar-refractivity contribution in [2.24, 2.45) is 0 Å². The SMILES string of the molecule is CCCC[C@H](CC(=O)O)NC(=O)CC(CNC(=O)OCC1c2ccccc2-c2ccccc21)OC. The summed E-state index contributed by atoms with van der Waals surface area (Å²) in [4.78, 5) is 35.9. The standard InChI is InChI=1S/C27H34N2O6/c1-3-4-9-18(14-26(31)32)29-25(30)15-19(34-2)16-28-27(33)35-17-24-22-12-7-5-10-20(22)21-11-6-8-13-23(21)24/h5-8,10-13,18-19,24H,3-4,9,14-17H2,1-2H3,(H,28,33)(H,29,30)(H,31,32)/t18-,19?/m1/s1. The van der Waals surface area contributed by atoms with E-state index in [1.165, 1.54) is 7.11 Å². The van der Waals surface area contributed by atoms with Crippen LogP contribution >= 0.6 is 0 Å². The molecule has 1 aliphatic rings. The minimum atomic E-state index is -0.952. The van der Waals surface area contributed by atoms with Gasteiger partial charge in [-0.3, -0.25) is 9.59 Å². The molecule has 0 spiro atoms. The van der Waals surface area contributed by atoms with Crippen LogP contribution in [0.4, 0.5) is 4.79 Å². The maximum atomic E-state index is 12.4. The third kappa shape index (κ3) is 7.29. The average Bonchev–Trinajstić information content (AvgIpc) is 3.17. The summed E-state index contributed by atoms with van der Waals surface area (Å²) in [5, 5.41) is 14.5. The van der Waals surface area contributed by atoms with Crippen molar-refractivity contribution in [1.82, 2.24) is 10.6 Å². The molecule has 2 amide bonds. The normalized spacial score (nSPS) is 13.9. The Kier molecular flexibility index (Phi) is 9.66. The molecular weight excluding hydrogens is 448 g/mol. The third-order valence-electron chi connectivity index (χ3n) is 6.26. The number of ether oxygens (including phenoxy) is 2. The van der Waals surface area contributed by atoms with E-state index >= 15 is 0 Å². The minimum Gasteiger partial charge on any atom is -0.481 e. The first-order valence-corrected chi connectivity index (χ1v) is 12.1. The van der Waals surface area contributed by atoms with Crippen LogP contribution in [0.2, 0.25) is 0 Å². The molecule has 2 aromatic rings. The molecule has 0 aliphatic heterocycles. The van der Waals surface area contributed by atoms with Gasteiger partial charge in [-0.25, -0.2) is 4.79 Å². The van der Waals surface area contributed by atoms with E-state index in [1.807, 2.05) is 31.2 Å². The summed E-state index contributed by atoms with van der Waals surface area (Å²) < 4.78 is 10.9. The molecule has 0 radical (unpaired) electrons. The van der Waals surface area contributed by atoms with Crippen molar-refractivity contribution < 1.29 is 29.0 Å². The van der Waals surface area contributed by atoms with Gasteiger partial charge in [0.05, 0.1) is 18.9 Å². The van der Waals surface area contributed by atoms with Gasteiger partial charge in [-0.05, 0) is 28.7 Å². The number of unbranched alkanes of at least 4 members (excludes halogenated alkanes) is 1. The number of fused-ring (bicyclic) bond motifs is 3. The largest absolute Gasteiger partial charge is 0.481 e. The minimum absolute atomic E-state index is 0.00238. The van der Waals surface area contributed by atoms with Gasteiger partial charge in [0.25, 0.3) is 0 Å². The Labute approximate surface area is 206 Å². The number of aliphatic carboxylic acids is 1. The van der Waals surface area contributed by atoms with Crippen molar-refractivity contribution in [2.75, 3.05) is 20.3 Å². The fraction of sp³-hybridized carbons (Fsp3) is 0.444. The van der Waals surface area contributed by atoms with E-state index in [0.717, 1.165) is 35.1 Å². The van der Waals surface area contributed by atoms with E-state index < -0.39 is 24.2 Å². The molecule has 8 heteroatoms. The Hall–Kier alpha value is -3.39. The zero-order valence-corrected chi connectivity index (χ0v) is 20.3. The molecule has 35 heavy (non-hydrogen) atoms. The Bertz CT molecular complexity index is 979. The fourth-order valence-corrected chi connectivity index (χ4v) is 4.47. The number of alkyl carbamates (subject to hydrolysis) is 1. The molecule has 3 N–H and O–H groups in total. The second-order valence-electron chi connectivity index (χ2n) is 8.77. The Balaban J connectivity index is 1.48. The molecule has 0 saturated carbocycles. The number of amides is 2. The van der Waals surface area contributed by atoms with Gasteiger partial charge in [0.1, 0.15) is 6.61 Å². The van der Waals surface area contributed by atoms with Crippen LogP contribution in [0.15, 0.2) is 48.5 Å². The lowest BCUT2D eigenvalue weighted by molar-refractivity contribution is -0.137. The number of rotatable bonds is 13. The number of benzene rings is 2. The van der Waals surface area contributed by atoms with Crippen LogP contribution < -0.4 is 10.6 Å². The Morgan fingerprint density at radius 3 is 2.20 bits per heavy atom. The molecule has 0 bridgehead atoms. The highest BCUT2D eigenvalue weighted by Gasteiger charge is 2.29. The lowest BCUT2D eigenvalue weighted by Gasteiger charge is -2.20. The number of carboxylic acids is 1. The number of nitrogens with one attached hydrogen (secondary N) is 2. The molecule has 0 heterocycles. The maximum absolute atomic E-state index is 12.4. The summed E-state index contributed by atoms with van der Waals surface area (Å²) in [6.45, 7) is 2.31. The summed E-state index contributed by atoms with van der Waals surface area (Å²) in [5.41, 5.74) is 4.57. The van der Waals surface area contributed by atoms with Crippen molar-refractivity contribution in [3.05, 3.63) is 59.7 Å². The van der Waals surface area contributed by atoms with Crippen molar-refractivity contribution in [1.29, 1.82) is 0 Å².